The summed E-state index contributed by atoms with van der Waals surface area (Å²) in [5.41, 5.74) is 20.7. The maximum atomic E-state index is 6.52. The molecule has 0 amide bonds. The maximum absolute atomic E-state index is 6.52. The van der Waals surface area contributed by atoms with Gasteiger partial charge >= 0.3 is 0 Å². The van der Waals surface area contributed by atoms with Crippen LogP contribution in [0.3, 0.4) is 0 Å². The van der Waals surface area contributed by atoms with E-state index in [-0.39, 0.29) is 31.9 Å². The van der Waals surface area contributed by atoms with Crippen molar-refractivity contribution in [3.63, 3.8) is 0 Å². The number of benzene rings is 9. The molecule has 0 aliphatic rings. The van der Waals surface area contributed by atoms with Crippen LogP contribution in [0.25, 0.3) is 100 Å². The van der Waals surface area contributed by atoms with Gasteiger partial charge in [0.05, 0.1) is 29.5 Å². The van der Waals surface area contributed by atoms with Gasteiger partial charge in [-0.15, -0.1) is 54.1 Å². The number of aryl methyl sites for hydroxylation is 5. The number of furan rings is 2. The van der Waals surface area contributed by atoms with Gasteiger partial charge in [0.15, 0.2) is 0 Å². The molecular formula is C74H60IrN5O2-3. The molecule has 0 bridgehead atoms. The minimum Gasteiger partial charge on any atom is -0.501 e. The van der Waals surface area contributed by atoms with E-state index in [1.165, 1.54) is 44.6 Å². The van der Waals surface area contributed by atoms with Gasteiger partial charge in [0.25, 0.3) is 0 Å². The van der Waals surface area contributed by atoms with Crippen LogP contribution in [0.2, 0.25) is 0 Å². The van der Waals surface area contributed by atoms with Crippen LogP contribution in [0, 0.1) is 24.5 Å². The second kappa shape index (κ2) is 23.3. The zero-order valence-electron chi connectivity index (χ0n) is 46.6. The molecule has 0 atom stereocenters. The number of rotatable bonds is 13. The minimum absolute atomic E-state index is 0. The van der Waals surface area contributed by atoms with Crippen molar-refractivity contribution >= 4 is 54.9 Å². The van der Waals surface area contributed by atoms with Crippen molar-refractivity contribution in [1.82, 2.24) is 19.1 Å². The third kappa shape index (κ3) is 10.8. The SMILES string of the molecule is CC(C)c1cc(-c2ccc3c(c2)oc2ccccc23)cc(C(C)C)c1-n1c(-c2[c-]ccc3c2oc2ccccc23)nc2ccccc21.C[n+]1[c-]n(-c2[c-]cc(CCc3cccc(CCc4ccc(-c5[c-]cccc5)nc4)c3)cc2)cc1.[Ir]. The third-order valence-corrected chi connectivity index (χ3v) is 15.5. The van der Waals surface area contributed by atoms with Crippen LogP contribution in [0.1, 0.15) is 72.9 Å². The van der Waals surface area contributed by atoms with E-state index in [4.69, 9.17) is 13.8 Å². The third-order valence-electron chi connectivity index (χ3n) is 15.5. The normalized spacial score (nSPS) is 11.5. The molecule has 0 spiro atoms. The van der Waals surface area contributed by atoms with Crippen LogP contribution < -0.4 is 4.57 Å². The second-order valence-electron chi connectivity index (χ2n) is 21.7. The quantitative estimate of drug-likeness (QED) is 0.0852. The van der Waals surface area contributed by atoms with Gasteiger partial charge in [-0.05, 0) is 124 Å². The molecule has 7 nitrogen and oxygen atoms in total. The Kier molecular flexibility index (Phi) is 15.2. The molecule has 0 fully saturated rings. The summed E-state index contributed by atoms with van der Waals surface area (Å²) in [6.45, 7) is 9.11. The number of para-hydroxylation sites is 4. The van der Waals surface area contributed by atoms with Crippen molar-refractivity contribution < 1.29 is 33.5 Å². The van der Waals surface area contributed by atoms with Crippen molar-refractivity contribution in [3.8, 4) is 45.1 Å². The summed E-state index contributed by atoms with van der Waals surface area (Å²) in [6, 6.07) is 78.0. The van der Waals surface area contributed by atoms with Crippen molar-refractivity contribution in [2.24, 2.45) is 7.05 Å². The average Bonchev–Trinajstić information content (AvgIpc) is 4.45. The zero-order chi connectivity index (χ0) is 55.0. The monoisotopic (exact) mass is 1240 g/mol. The number of hydrogen-bond donors (Lipinski definition) is 0. The van der Waals surface area contributed by atoms with Crippen molar-refractivity contribution in [2.45, 2.75) is 65.2 Å². The predicted molar refractivity (Wildman–Crippen MR) is 328 cm³/mol. The van der Waals surface area contributed by atoms with E-state index in [9.17, 15) is 0 Å². The molecule has 0 saturated heterocycles. The predicted octanol–water partition coefficient (Wildman–Crippen LogP) is 17.5. The van der Waals surface area contributed by atoms with Gasteiger partial charge in [-0.1, -0.05) is 142 Å². The van der Waals surface area contributed by atoms with Gasteiger partial charge in [-0.2, -0.15) is 29.8 Å². The van der Waals surface area contributed by atoms with Crippen LogP contribution in [-0.2, 0) is 52.8 Å². The summed E-state index contributed by atoms with van der Waals surface area (Å²) in [7, 11) is 1.97. The van der Waals surface area contributed by atoms with Crippen LogP contribution in [0.15, 0.2) is 222 Å². The van der Waals surface area contributed by atoms with Crippen molar-refractivity contribution in [1.29, 1.82) is 0 Å². The van der Waals surface area contributed by atoms with Crippen molar-refractivity contribution in [2.75, 3.05) is 0 Å². The number of aromatic nitrogens is 5. The van der Waals surface area contributed by atoms with Gasteiger partial charge in [0.2, 0.25) is 6.33 Å². The molecule has 14 rings (SSSR count). The first-order valence-corrected chi connectivity index (χ1v) is 28.1. The maximum Gasteiger partial charge on any atom is 0.241 e. The van der Waals surface area contributed by atoms with Gasteiger partial charge in [-0.3, -0.25) is 4.98 Å². The largest absolute Gasteiger partial charge is 0.501 e. The molecular weight excluding hydrogens is 1180 g/mol. The molecule has 14 aromatic rings. The summed E-state index contributed by atoms with van der Waals surface area (Å²) < 4.78 is 19.0. The smallest absolute Gasteiger partial charge is 0.241 e. The molecule has 1 radical (unpaired) electrons. The first-order chi connectivity index (χ1) is 39.7. The molecule has 0 aliphatic carbocycles. The number of nitrogens with zero attached hydrogens (tertiary/aromatic N) is 5. The first kappa shape index (κ1) is 53.7. The summed E-state index contributed by atoms with van der Waals surface area (Å²) in [5.74, 6) is 1.32. The molecule has 0 N–H and O–H groups in total. The number of pyridine rings is 1. The Morgan fingerprint density at radius 2 is 1.23 bits per heavy atom. The Balaban J connectivity index is 0.000000169. The molecule has 0 saturated carbocycles. The average molecular weight is 1240 g/mol. The van der Waals surface area contributed by atoms with Gasteiger partial charge in [-0.25, -0.2) is 0 Å². The standard InChI is InChI=1S/C43H33N2O2.C31H27N3.Ir/c1-25(2)34-22-28(27-20-21-31-29-12-5-9-18-38(29)46-40(31)24-27)23-35(26(3)4)41(34)45-37-17-8-7-16-36(37)44-43(45)33-15-11-14-32-30-13-6-10-19-39(30)47-42(32)33;1-33-20-21-34(24-33)30-17-14-25(15-18-30)10-11-26-6-5-7-27(22-26)12-13-28-16-19-31(32-23-28)29-8-3-2-4-9-29;/h5-14,16-26H,1-4H3;2-8,14-17,19-23H,10-13H2,1H3;/q-1;-2;. The summed E-state index contributed by atoms with van der Waals surface area (Å²) in [4.78, 5) is 9.90. The van der Waals surface area contributed by atoms with E-state index in [0.717, 1.165) is 114 Å². The molecule has 5 heterocycles. The Bertz CT molecular complexity index is 4510. The van der Waals surface area contributed by atoms with Gasteiger partial charge < -0.3 is 27.5 Å². The number of imidazole rings is 2. The summed E-state index contributed by atoms with van der Waals surface area (Å²) in [5, 5.41) is 4.44. The van der Waals surface area contributed by atoms with Crippen LogP contribution >= 0.6 is 0 Å². The van der Waals surface area contributed by atoms with E-state index in [1.807, 2.05) is 89.4 Å². The fourth-order valence-electron chi connectivity index (χ4n) is 11.3. The molecule has 8 heteroatoms. The zero-order valence-corrected chi connectivity index (χ0v) is 49.0. The van der Waals surface area contributed by atoms with E-state index in [1.54, 1.807) is 0 Å². The Hall–Kier alpha value is -8.94. The summed E-state index contributed by atoms with van der Waals surface area (Å²) >= 11 is 0. The van der Waals surface area contributed by atoms with Crippen LogP contribution in [0.5, 0.6) is 0 Å². The van der Waals surface area contributed by atoms with Gasteiger partial charge in [0.1, 0.15) is 16.7 Å². The van der Waals surface area contributed by atoms with E-state index >= 15 is 0 Å². The first-order valence-electron chi connectivity index (χ1n) is 28.1. The molecule has 9 aromatic carbocycles. The Morgan fingerprint density at radius 1 is 0.549 bits per heavy atom. The Morgan fingerprint density at radius 3 is 1.93 bits per heavy atom. The molecule has 0 aliphatic heterocycles. The molecule has 0 unspecified atom stereocenters. The fourth-order valence-corrected chi connectivity index (χ4v) is 11.3. The molecule has 82 heavy (non-hydrogen) atoms. The topological polar surface area (TPSA) is 65.8 Å². The minimum atomic E-state index is 0. The van der Waals surface area contributed by atoms with Crippen LogP contribution in [-0.4, -0.2) is 19.1 Å². The van der Waals surface area contributed by atoms with E-state index in [0.29, 0.717) is 0 Å². The summed E-state index contributed by atoms with van der Waals surface area (Å²) in [6.07, 6.45) is 13.2. The Labute approximate surface area is 492 Å². The fraction of sp³-hybridized carbons (Fsp3) is 0.149. The van der Waals surface area contributed by atoms with E-state index in [2.05, 4.69) is 201 Å². The second-order valence-corrected chi connectivity index (χ2v) is 21.7. The van der Waals surface area contributed by atoms with Crippen molar-refractivity contribution in [3.05, 3.63) is 271 Å². The molecule has 5 aromatic heterocycles. The van der Waals surface area contributed by atoms with Gasteiger partial charge in [0, 0.05) is 60.5 Å². The number of hydrogen-bond acceptors (Lipinski definition) is 4. The molecule has 405 valence electrons. The number of fused-ring (bicyclic) bond motifs is 7. The van der Waals surface area contributed by atoms with Crippen LogP contribution in [0.4, 0.5) is 0 Å². The van der Waals surface area contributed by atoms with E-state index < -0.39 is 0 Å².